The fourth-order valence-corrected chi connectivity index (χ4v) is 4.44. The van der Waals surface area contributed by atoms with Gasteiger partial charge in [0, 0.05) is 24.9 Å². The molecule has 1 atom stereocenters. The molecule has 0 spiro atoms. The summed E-state index contributed by atoms with van der Waals surface area (Å²) in [6.07, 6.45) is 0.158. The van der Waals surface area contributed by atoms with Gasteiger partial charge in [-0.2, -0.15) is 0 Å². The van der Waals surface area contributed by atoms with E-state index in [1.807, 2.05) is 0 Å². The normalized spacial score (nSPS) is 20.0. The fourth-order valence-electron chi connectivity index (χ4n) is 4.44. The second-order valence-corrected chi connectivity index (χ2v) is 7.79. The van der Waals surface area contributed by atoms with Crippen molar-refractivity contribution in [2.75, 3.05) is 4.90 Å². The van der Waals surface area contributed by atoms with Gasteiger partial charge < -0.3 is 9.64 Å². The molecule has 0 bridgehead atoms. The maximum Gasteiger partial charge on any atom is 0.354 e. The highest BCUT2D eigenvalue weighted by molar-refractivity contribution is 6.15. The van der Waals surface area contributed by atoms with Crippen molar-refractivity contribution in [2.45, 2.75) is 45.0 Å². The standard InChI is InChI=1S/C22H21N3O6/c1-14(2)23-20(27)16-8-4-6-10-18(16)24-19(26)11-12-22(23,24)21(28)31-13-15-7-3-5-9-17(15)25(29)30/h3-10,14H,11-13H2,1-2H3/t22-/m0/s1. The Labute approximate surface area is 178 Å². The molecular formula is C22H21N3O6. The largest absolute Gasteiger partial charge is 0.457 e. The van der Waals surface area contributed by atoms with Crippen molar-refractivity contribution in [2.24, 2.45) is 0 Å². The number of rotatable bonds is 5. The molecule has 9 heteroatoms. The smallest absolute Gasteiger partial charge is 0.354 e. The van der Waals surface area contributed by atoms with Gasteiger partial charge in [-0.1, -0.05) is 24.3 Å². The lowest BCUT2D eigenvalue weighted by atomic mass is 9.95. The summed E-state index contributed by atoms with van der Waals surface area (Å²) in [5.41, 5.74) is -0.854. The van der Waals surface area contributed by atoms with Crippen LogP contribution in [0.15, 0.2) is 48.5 Å². The maximum absolute atomic E-state index is 13.5. The molecule has 0 saturated carbocycles. The van der Waals surface area contributed by atoms with Crippen LogP contribution in [0.5, 0.6) is 0 Å². The van der Waals surface area contributed by atoms with Crippen molar-refractivity contribution in [1.82, 2.24) is 4.90 Å². The van der Waals surface area contributed by atoms with E-state index in [0.717, 1.165) is 0 Å². The zero-order valence-corrected chi connectivity index (χ0v) is 17.1. The number of fused-ring (bicyclic) bond motifs is 3. The second-order valence-electron chi connectivity index (χ2n) is 7.79. The van der Waals surface area contributed by atoms with Crippen LogP contribution in [0.25, 0.3) is 0 Å². The quantitative estimate of drug-likeness (QED) is 0.415. The first kappa shape index (κ1) is 20.5. The van der Waals surface area contributed by atoms with Crippen LogP contribution in [0.2, 0.25) is 0 Å². The van der Waals surface area contributed by atoms with Crippen molar-refractivity contribution < 1.29 is 24.0 Å². The number of anilines is 1. The van der Waals surface area contributed by atoms with E-state index < -0.39 is 22.6 Å². The third-order valence-corrected chi connectivity index (χ3v) is 5.69. The van der Waals surface area contributed by atoms with Crippen molar-refractivity contribution >= 4 is 29.2 Å². The molecule has 0 unspecified atom stereocenters. The minimum absolute atomic E-state index is 0.0748. The van der Waals surface area contributed by atoms with Gasteiger partial charge in [0.2, 0.25) is 11.6 Å². The number of hydrogen-bond donors (Lipinski definition) is 0. The molecule has 2 aliphatic rings. The van der Waals surface area contributed by atoms with E-state index in [2.05, 4.69) is 0 Å². The number of amides is 2. The van der Waals surface area contributed by atoms with Crippen LogP contribution < -0.4 is 4.90 Å². The molecule has 2 aliphatic heterocycles. The lowest BCUT2D eigenvalue weighted by Gasteiger charge is -2.50. The summed E-state index contributed by atoms with van der Waals surface area (Å²) in [4.78, 5) is 53.2. The predicted molar refractivity (Wildman–Crippen MR) is 110 cm³/mol. The van der Waals surface area contributed by atoms with Crippen molar-refractivity contribution in [3.05, 3.63) is 69.8 Å². The number of carbonyl (C=O) groups is 3. The van der Waals surface area contributed by atoms with Gasteiger partial charge in [-0.15, -0.1) is 0 Å². The van der Waals surface area contributed by atoms with Gasteiger partial charge in [0.1, 0.15) is 6.61 Å². The summed E-state index contributed by atoms with van der Waals surface area (Å²) < 4.78 is 5.52. The molecule has 4 rings (SSSR count). The number of para-hydroxylation sites is 2. The van der Waals surface area contributed by atoms with E-state index in [1.165, 1.54) is 28.0 Å². The van der Waals surface area contributed by atoms with Gasteiger partial charge in [0.05, 0.1) is 21.7 Å². The highest BCUT2D eigenvalue weighted by Crippen LogP contribution is 2.46. The van der Waals surface area contributed by atoms with Gasteiger partial charge >= 0.3 is 5.97 Å². The summed E-state index contributed by atoms with van der Waals surface area (Å²) in [5, 5.41) is 11.3. The summed E-state index contributed by atoms with van der Waals surface area (Å²) in [6, 6.07) is 12.2. The Morgan fingerprint density at radius 3 is 2.55 bits per heavy atom. The molecule has 2 heterocycles. The van der Waals surface area contributed by atoms with E-state index in [4.69, 9.17) is 4.74 Å². The topological polar surface area (TPSA) is 110 Å². The van der Waals surface area contributed by atoms with Crippen LogP contribution in [0.1, 0.15) is 42.6 Å². The molecule has 2 aromatic carbocycles. The molecule has 1 fully saturated rings. The number of nitro benzene ring substituents is 1. The number of nitro groups is 1. The molecule has 31 heavy (non-hydrogen) atoms. The van der Waals surface area contributed by atoms with Crippen molar-refractivity contribution in [3.8, 4) is 0 Å². The first-order valence-corrected chi connectivity index (χ1v) is 9.94. The Hall–Kier alpha value is -3.75. The SMILES string of the molecule is CC(C)N1C(=O)c2ccccc2N2C(=O)CC[C@@]21C(=O)OCc1ccccc1[N+](=O)[O-]. The molecule has 0 N–H and O–H groups in total. The van der Waals surface area contributed by atoms with Crippen LogP contribution in [0, 0.1) is 10.1 Å². The number of ether oxygens (including phenoxy) is 1. The minimum Gasteiger partial charge on any atom is -0.457 e. The molecule has 1 saturated heterocycles. The van der Waals surface area contributed by atoms with E-state index in [-0.39, 0.29) is 42.5 Å². The van der Waals surface area contributed by atoms with Crippen LogP contribution >= 0.6 is 0 Å². The van der Waals surface area contributed by atoms with E-state index in [1.54, 1.807) is 44.2 Å². The zero-order chi connectivity index (χ0) is 22.3. The maximum atomic E-state index is 13.5. The lowest BCUT2D eigenvalue weighted by molar-refractivity contribution is -0.385. The number of esters is 1. The third-order valence-electron chi connectivity index (χ3n) is 5.69. The first-order valence-electron chi connectivity index (χ1n) is 9.94. The summed E-state index contributed by atoms with van der Waals surface area (Å²) in [7, 11) is 0. The van der Waals surface area contributed by atoms with Crippen LogP contribution in [-0.4, -0.2) is 39.3 Å². The molecule has 0 aromatic heterocycles. The Bertz CT molecular complexity index is 1100. The van der Waals surface area contributed by atoms with Gasteiger partial charge in [-0.05, 0) is 32.0 Å². The predicted octanol–water partition coefficient (Wildman–Crippen LogP) is 3.03. The van der Waals surface area contributed by atoms with Crippen molar-refractivity contribution in [1.29, 1.82) is 0 Å². The van der Waals surface area contributed by atoms with Crippen LogP contribution in [0.4, 0.5) is 11.4 Å². The van der Waals surface area contributed by atoms with Crippen LogP contribution in [-0.2, 0) is 20.9 Å². The van der Waals surface area contributed by atoms with E-state index in [9.17, 15) is 24.5 Å². The Kier molecular flexibility index (Phi) is 4.96. The summed E-state index contributed by atoms with van der Waals surface area (Å²) in [6.45, 7) is 3.19. The van der Waals surface area contributed by atoms with Gasteiger partial charge in [0.25, 0.3) is 11.6 Å². The molecule has 9 nitrogen and oxygen atoms in total. The summed E-state index contributed by atoms with van der Waals surface area (Å²) in [5.74, 6) is -1.43. The molecule has 160 valence electrons. The summed E-state index contributed by atoms with van der Waals surface area (Å²) >= 11 is 0. The third kappa shape index (κ3) is 3.04. The van der Waals surface area contributed by atoms with E-state index in [0.29, 0.717) is 11.3 Å². The van der Waals surface area contributed by atoms with Gasteiger partial charge in [0.15, 0.2) is 0 Å². The average Bonchev–Trinajstić information content (AvgIpc) is 3.10. The fraction of sp³-hybridized carbons (Fsp3) is 0.318. The van der Waals surface area contributed by atoms with Gasteiger partial charge in [-0.3, -0.25) is 24.6 Å². The van der Waals surface area contributed by atoms with Crippen LogP contribution in [0.3, 0.4) is 0 Å². The number of benzene rings is 2. The minimum atomic E-state index is -1.62. The molecule has 0 aliphatic carbocycles. The Morgan fingerprint density at radius 2 is 1.84 bits per heavy atom. The molecular weight excluding hydrogens is 402 g/mol. The Balaban J connectivity index is 1.76. The first-order chi connectivity index (χ1) is 14.8. The molecule has 2 aromatic rings. The zero-order valence-electron chi connectivity index (χ0n) is 17.1. The monoisotopic (exact) mass is 423 g/mol. The molecule has 2 amide bonds. The average molecular weight is 423 g/mol. The van der Waals surface area contributed by atoms with E-state index >= 15 is 0 Å². The number of nitrogens with zero attached hydrogens (tertiary/aromatic N) is 3. The number of hydrogen-bond acceptors (Lipinski definition) is 6. The highest BCUT2D eigenvalue weighted by Gasteiger charge is 2.62. The highest BCUT2D eigenvalue weighted by atomic mass is 16.6. The lowest BCUT2D eigenvalue weighted by Crippen LogP contribution is -2.70. The Morgan fingerprint density at radius 1 is 1.16 bits per heavy atom. The van der Waals surface area contributed by atoms with Gasteiger partial charge in [-0.25, -0.2) is 4.79 Å². The number of carbonyl (C=O) groups excluding carboxylic acids is 3. The van der Waals surface area contributed by atoms with Crippen molar-refractivity contribution in [3.63, 3.8) is 0 Å². The second kappa shape index (κ2) is 7.50. The molecule has 0 radical (unpaired) electrons.